The Balaban J connectivity index is 0.810. The molecule has 78 heavy (non-hydrogen) atoms. The van der Waals surface area contributed by atoms with Crippen molar-refractivity contribution in [2.24, 2.45) is 11.5 Å². The Hall–Kier alpha value is -7.62. The first-order valence-corrected chi connectivity index (χ1v) is 27.8. The molecule has 0 bridgehead atoms. The van der Waals surface area contributed by atoms with Crippen molar-refractivity contribution in [3.05, 3.63) is 107 Å². The van der Waals surface area contributed by atoms with Crippen molar-refractivity contribution >= 4 is 57.1 Å². The van der Waals surface area contributed by atoms with E-state index < -0.39 is 48.5 Å². The lowest BCUT2D eigenvalue weighted by atomic mass is 10.0. The Morgan fingerprint density at radius 1 is 0.397 bits per heavy atom. The van der Waals surface area contributed by atoms with Crippen LogP contribution in [0.4, 0.5) is 0 Å². The number of nitrogens with two attached hydrogens (primary N) is 2. The summed E-state index contributed by atoms with van der Waals surface area (Å²) in [5.74, 6) is -3.86. The fourth-order valence-electron chi connectivity index (χ4n) is 10.4. The van der Waals surface area contributed by atoms with Gasteiger partial charge in [-0.25, -0.2) is 9.59 Å². The monoisotopic (exact) mass is 1070 g/mol. The smallest absolute Gasteiger partial charge is 0.341 e. The van der Waals surface area contributed by atoms with Crippen LogP contribution in [0.5, 0.6) is 23.0 Å². The van der Waals surface area contributed by atoms with Gasteiger partial charge in [-0.2, -0.15) is 0 Å². The number of nitrogens with zero attached hydrogens (tertiary/aromatic N) is 2. The highest BCUT2D eigenvalue weighted by Crippen LogP contribution is 2.38. The highest BCUT2D eigenvalue weighted by atomic mass is 16.5. The van der Waals surface area contributed by atoms with Gasteiger partial charge in [-0.3, -0.25) is 19.2 Å². The number of unbranched alkanes of at least 4 members (excludes halogenated alkanes) is 18. The van der Waals surface area contributed by atoms with E-state index in [2.05, 4.69) is 12.1 Å². The summed E-state index contributed by atoms with van der Waals surface area (Å²) in [6, 6.07) is 26.7. The Morgan fingerprint density at radius 2 is 0.705 bits per heavy atom. The molecule has 0 aliphatic rings. The number of carbonyl (C=O) groups excluding carboxylic acids is 4. The molecule has 0 fully saturated rings. The number of Topliss-reactive ketones (excluding diaryl/α,β-unsaturated/α-hetero) is 2. The van der Waals surface area contributed by atoms with E-state index in [9.17, 15) is 28.8 Å². The van der Waals surface area contributed by atoms with Gasteiger partial charge in [-0.1, -0.05) is 151 Å². The number of primary amides is 2. The normalized spacial score (nSPS) is 11.3. The summed E-state index contributed by atoms with van der Waals surface area (Å²) < 4.78 is 27.7. The lowest BCUT2D eigenvalue weighted by Crippen LogP contribution is -2.24. The number of hydrogen-bond acceptors (Lipinski definition) is 10. The van der Waals surface area contributed by atoms with E-state index in [1.165, 1.54) is 38.5 Å². The predicted octanol–water partition coefficient (Wildman–Crippen LogP) is 12.1. The van der Waals surface area contributed by atoms with E-state index in [0.717, 1.165) is 113 Å². The van der Waals surface area contributed by atoms with Gasteiger partial charge in [-0.05, 0) is 75.9 Å². The zero-order chi connectivity index (χ0) is 55.8. The molecule has 2 amide bonds. The zero-order valence-electron chi connectivity index (χ0n) is 45.5. The van der Waals surface area contributed by atoms with Crippen molar-refractivity contribution in [2.75, 3.05) is 26.4 Å². The molecule has 6 rings (SSSR count). The van der Waals surface area contributed by atoms with Crippen molar-refractivity contribution in [1.82, 2.24) is 9.13 Å². The SMILES string of the molecule is Cc1c(C(=O)C(N)=O)c2c(OCC(=O)O)cccc2n1CCCCCCCCCCCCOc1ccccc1-c1ccccc1OCCCCCCCCCCCCn1c(C)c(C(=O)C(N)=O)c2c(OCC(=O)O)cccc21. The van der Waals surface area contributed by atoms with Gasteiger partial charge in [0.2, 0.25) is 0 Å². The maximum Gasteiger partial charge on any atom is 0.341 e. The van der Waals surface area contributed by atoms with Gasteiger partial charge in [0.05, 0.1) is 46.1 Å². The van der Waals surface area contributed by atoms with Gasteiger partial charge < -0.3 is 49.8 Å². The Morgan fingerprint density at radius 3 is 1.04 bits per heavy atom. The first-order valence-electron chi connectivity index (χ1n) is 27.8. The van der Waals surface area contributed by atoms with Crippen LogP contribution in [0.3, 0.4) is 0 Å². The number of hydrogen-bond donors (Lipinski definition) is 4. The molecule has 418 valence electrons. The fourth-order valence-corrected chi connectivity index (χ4v) is 10.4. The highest BCUT2D eigenvalue weighted by Gasteiger charge is 2.28. The molecule has 6 aromatic rings. The van der Waals surface area contributed by atoms with Crippen LogP contribution < -0.4 is 30.4 Å². The summed E-state index contributed by atoms with van der Waals surface area (Å²) in [6.07, 6.45) is 21.9. The molecule has 2 heterocycles. The summed E-state index contributed by atoms with van der Waals surface area (Å²) in [7, 11) is 0. The summed E-state index contributed by atoms with van der Waals surface area (Å²) in [5, 5.41) is 19.1. The second kappa shape index (κ2) is 31.0. The molecule has 2 aromatic heterocycles. The van der Waals surface area contributed by atoms with Gasteiger partial charge in [0.25, 0.3) is 23.4 Å². The largest absolute Gasteiger partial charge is 0.493 e. The molecular weight excluding hydrogens is 993 g/mol. The van der Waals surface area contributed by atoms with Gasteiger partial charge in [-0.15, -0.1) is 0 Å². The van der Waals surface area contributed by atoms with Crippen molar-refractivity contribution in [1.29, 1.82) is 0 Å². The standard InChI is InChI=1S/C62H78N4O12/c1-43-55(59(71)61(63)73)57-47(31-27-35-51(57)77-41-53(67)68)65(43)37-23-15-11-7-3-5-9-13-17-25-39-75-49-33-21-19-29-45(49)46-30-20-22-34-50(46)76-40-26-18-14-10-6-4-8-12-16-24-38-66-44(2)56(60(72)62(64)74)58-48(66)32-28-36-52(58)78-42-54(69)70/h19-22,27-36H,3-18,23-26,37-42H2,1-2H3,(H2,63,73)(H2,64,74)(H,67,68)(H,69,70). The average Bonchev–Trinajstić information content (AvgIpc) is 4.03. The lowest BCUT2D eigenvalue weighted by molar-refractivity contribution is -0.140. The summed E-state index contributed by atoms with van der Waals surface area (Å²) in [5.41, 5.74) is 15.8. The number of rotatable bonds is 39. The average molecular weight is 1070 g/mol. The van der Waals surface area contributed by atoms with Crippen LogP contribution in [-0.2, 0) is 32.3 Å². The third-order valence-electron chi connectivity index (χ3n) is 14.4. The minimum atomic E-state index is -1.14. The van der Waals surface area contributed by atoms with Crippen LogP contribution in [0.25, 0.3) is 32.9 Å². The van der Waals surface area contributed by atoms with E-state index in [0.29, 0.717) is 59.5 Å². The molecule has 0 aliphatic heterocycles. The number of carboxylic acids is 2. The van der Waals surface area contributed by atoms with E-state index >= 15 is 0 Å². The number of carboxylic acid groups (broad SMARTS) is 2. The number of carbonyl (C=O) groups is 6. The summed E-state index contributed by atoms with van der Waals surface area (Å²) >= 11 is 0. The molecule has 0 aliphatic carbocycles. The molecule has 0 spiro atoms. The fraction of sp³-hybridized carbons (Fsp3) is 0.452. The van der Waals surface area contributed by atoms with E-state index in [1.807, 2.05) is 57.7 Å². The van der Waals surface area contributed by atoms with E-state index in [-0.39, 0.29) is 22.6 Å². The highest BCUT2D eigenvalue weighted by molar-refractivity contribution is 6.45. The number of ether oxygens (including phenoxy) is 4. The number of ketones is 2. The van der Waals surface area contributed by atoms with Crippen LogP contribution in [0, 0.1) is 13.8 Å². The third-order valence-corrected chi connectivity index (χ3v) is 14.4. The first-order chi connectivity index (χ1) is 37.8. The minimum absolute atomic E-state index is 0.165. The third kappa shape index (κ3) is 16.7. The van der Waals surface area contributed by atoms with E-state index in [4.69, 9.17) is 40.6 Å². The number of aryl methyl sites for hydroxylation is 2. The Bertz CT molecular complexity index is 2790. The van der Waals surface area contributed by atoms with Gasteiger partial charge in [0, 0.05) is 35.6 Å². The topological polar surface area (TPSA) is 242 Å². The summed E-state index contributed by atoms with van der Waals surface area (Å²) in [6.45, 7) is 5.02. The molecule has 0 saturated heterocycles. The van der Waals surface area contributed by atoms with Crippen LogP contribution >= 0.6 is 0 Å². The summed E-state index contributed by atoms with van der Waals surface area (Å²) in [4.78, 5) is 71.9. The van der Waals surface area contributed by atoms with Crippen molar-refractivity contribution in [3.8, 4) is 34.1 Å². The number of aromatic nitrogens is 2. The number of aliphatic carboxylic acids is 2. The van der Waals surface area contributed by atoms with Gasteiger partial charge >= 0.3 is 11.9 Å². The zero-order valence-corrected chi connectivity index (χ0v) is 45.5. The van der Waals surface area contributed by atoms with Crippen LogP contribution in [-0.4, -0.2) is 81.1 Å². The van der Waals surface area contributed by atoms with E-state index in [1.54, 1.807) is 38.1 Å². The van der Waals surface area contributed by atoms with Gasteiger partial charge in [0.15, 0.2) is 13.2 Å². The minimum Gasteiger partial charge on any atom is -0.493 e. The number of amides is 2. The molecule has 0 saturated carbocycles. The second-order valence-electron chi connectivity index (χ2n) is 20.0. The second-order valence-corrected chi connectivity index (χ2v) is 20.0. The molecule has 0 radical (unpaired) electrons. The number of para-hydroxylation sites is 2. The van der Waals surface area contributed by atoms with Crippen molar-refractivity contribution < 1.29 is 57.9 Å². The maximum absolute atomic E-state index is 12.9. The molecule has 0 unspecified atom stereocenters. The van der Waals surface area contributed by atoms with Crippen LogP contribution in [0.1, 0.15) is 161 Å². The van der Waals surface area contributed by atoms with Gasteiger partial charge in [0.1, 0.15) is 23.0 Å². The Kier molecular flexibility index (Phi) is 23.7. The molecule has 0 atom stereocenters. The van der Waals surface area contributed by atoms with Crippen molar-refractivity contribution in [2.45, 2.75) is 155 Å². The maximum atomic E-state index is 12.9. The molecule has 6 N–H and O–H groups in total. The lowest BCUT2D eigenvalue weighted by Gasteiger charge is -2.15. The molecular formula is C62H78N4O12. The molecule has 16 heteroatoms. The Labute approximate surface area is 457 Å². The first kappa shape index (κ1) is 59.6. The van der Waals surface area contributed by atoms with Crippen LogP contribution in [0.2, 0.25) is 0 Å². The molecule has 4 aromatic carbocycles. The predicted molar refractivity (Wildman–Crippen MR) is 302 cm³/mol. The van der Waals surface area contributed by atoms with Crippen LogP contribution in [0.15, 0.2) is 84.9 Å². The molecule has 16 nitrogen and oxygen atoms in total. The number of benzene rings is 4. The quantitative estimate of drug-likeness (QED) is 0.0160. The van der Waals surface area contributed by atoms with Crippen molar-refractivity contribution in [3.63, 3.8) is 0 Å². The number of fused-ring (bicyclic) bond motifs is 2.